The van der Waals surface area contributed by atoms with E-state index in [1.165, 1.54) is 0 Å². The number of benzene rings is 2. The van der Waals surface area contributed by atoms with E-state index in [9.17, 15) is 9.90 Å². The molecule has 4 aromatic rings. The summed E-state index contributed by atoms with van der Waals surface area (Å²) >= 11 is 0. The first-order valence-corrected chi connectivity index (χ1v) is 14.0. The highest BCUT2D eigenvalue weighted by Crippen LogP contribution is 2.36. The molecule has 216 valence electrons. The number of anilines is 1. The van der Waals surface area contributed by atoms with Gasteiger partial charge in [0.1, 0.15) is 18.2 Å². The highest BCUT2D eigenvalue weighted by molar-refractivity contribution is 6.03. The van der Waals surface area contributed by atoms with Crippen LogP contribution in [0.3, 0.4) is 0 Å². The fourth-order valence-electron chi connectivity index (χ4n) is 5.05. The second-order valence-electron chi connectivity index (χ2n) is 9.89. The van der Waals surface area contributed by atoms with Crippen LogP contribution in [-0.4, -0.2) is 71.6 Å². The van der Waals surface area contributed by atoms with Crippen LogP contribution in [0.5, 0.6) is 17.2 Å². The third-order valence-corrected chi connectivity index (χ3v) is 7.20. The molecule has 2 aromatic carbocycles. The summed E-state index contributed by atoms with van der Waals surface area (Å²) in [5.41, 5.74) is 5.72. The summed E-state index contributed by atoms with van der Waals surface area (Å²) in [6.07, 6.45) is 5.65. The van der Waals surface area contributed by atoms with Crippen LogP contribution < -0.4 is 20.2 Å². The molecular weight excluding hydrogens is 522 g/mol. The first-order valence-electron chi connectivity index (χ1n) is 14.0. The maximum absolute atomic E-state index is 13.0. The topological polar surface area (TPSA) is 110 Å². The minimum Gasteiger partial charge on any atom is -0.487 e. The smallest absolute Gasteiger partial charge is 0.256 e. The van der Waals surface area contributed by atoms with Gasteiger partial charge in [0.05, 0.1) is 18.7 Å². The van der Waals surface area contributed by atoms with Gasteiger partial charge in [-0.3, -0.25) is 14.4 Å². The van der Waals surface area contributed by atoms with Crippen LogP contribution in [0.1, 0.15) is 35.7 Å². The molecule has 10 heteroatoms. The van der Waals surface area contributed by atoms with Gasteiger partial charge in [-0.05, 0) is 62.2 Å². The average molecular weight is 560 g/mol. The van der Waals surface area contributed by atoms with E-state index < -0.39 is 0 Å². The Morgan fingerprint density at radius 2 is 1.95 bits per heavy atom. The van der Waals surface area contributed by atoms with Crippen LogP contribution in [0.2, 0.25) is 0 Å². The van der Waals surface area contributed by atoms with E-state index in [1.54, 1.807) is 18.3 Å². The minimum absolute atomic E-state index is 0.178. The highest BCUT2D eigenvalue weighted by Gasteiger charge is 2.23. The van der Waals surface area contributed by atoms with Gasteiger partial charge in [0.2, 0.25) is 0 Å². The van der Waals surface area contributed by atoms with Gasteiger partial charge in [-0.1, -0.05) is 12.1 Å². The fraction of sp³-hybridized carbons (Fsp3) is 0.355. The normalized spacial score (nSPS) is 15.2. The zero-order valence-electron chi connectivity index (χ0n) is 23.5. The van der Waals surface area contributed by atoms with Crippen LogP contribution in [0.25, 0.3) is 10.9 Å². The molecule has 0 radical (unpaired) electrons. The molecule has 0 spiro atoms. The number of fused-ring (bicyclic) bond motifs is 1. The SMILES string of the molecule is CCOCCOc1cc2c(ccn2NC)cc1Oc1ccnc(NC(=O)c2ccc(CN3CCC[C@H]3CO)cc2)c1. The third-order valence-electron chi connectivity index (χ3n) is 7.20. The van der Waals surface area contributed by atoms with Gasteiger partial charge in [0.25, 0.3) is 5.91 Å². The fourth-order valence-corrected chi connectivity index (χ4v) is 5.05. The average Bonchev–Trinajstić information content (AvgIpc) is 3.61. The van der Waals surface area contributed by atoms with Crippen molar-refractivity contribution < 1.29 is 24.1 Å². The summed E-state index contributed by atoms with van der Waals surface area (Å²) < 4.78 is 19.6. The summed E-state index contributed by atoms with van der Waals surface area (Å²) in [6.45, 7) is 5.33. The van der Waals surface area contributed by atoms with E-state index >= 15 is 0 Å². The second-order valence-corrected chi connectivity index (χ2v) is 9.89. The lowest BCUT2D eigenvalue weighted by Crippen LogP contribution is -2.31. The summed E-state index contributed by atoms with van der Waals surface area (Å²) in [6, 6.07) is 17.0. The van der Waals surface area contributed by atoms with Crippen molar-refractivity contribution in [1.82, 2.24) is 14.6 Å². The molecule has 1 fully saturated rings. The van der Waals surface area contributed by atoms with E-state index in [1.807, 2.05) is 67.3 Å². The van der Waals surface area contributed by atoms with Gasteiger partial charge in [-0.2, -0.15) is 0 Å². The molecule has 1 amide bonds. The second kappa shape index (κ2) is 13.5. The number of likely N-dealkylation sites (tertiary alicyclic amines) is 1. The number of carbonyl (C=O) groups is 1. The standard InChI is InChI=1S/C31H37N5O5/c1-3-39-15-16-40-28-19-27-24(11-14-36(27)32-2)17-29(28)41-26-10-12-33-30(18-26)34-31(38)23-8-6-22(7-9-23)20-35-13-4-5-25(35)21-37/h6-12,14,17-19,25,32,37H,3-5,13,15-16,20-21H2,1-2H3,(H,33,34,38)/t25-/m0/s1. The molecule has 0 saturated carbocycles. The van der Waals surface area contributed by atoms with Crippen molar-refractivity contribution in [1.29, 1.82) is 0 Å². The zero-order chi connectivity index (χ0) is 28.6. The van der Waals surface area contributed by atoms with Crippen LogP contribution in [0, 0.1) is 0 Å². The van der Waals surface area contributed by atoms with Crippen molar-refractivity contribution in [3.63, 3.8) is 0 Å². The molecule has 0 aliphatic carbocycles. The third kappa shape index (κ3) is 6.97. The van der Waals surface area contributed by atoms with Crippen molar-refractivity contribution in [2.75, 3.05) is 50.8 Å². The summed E-state index contributed by atoms with van der Waals surface area (Å²) in [5.74, 6) is 1.75. The van der Waals surface area contributed by atoms with Gasteiger partial charge >= 0.3 is 0 Å². The Balaban J connectivity index is 1.27. The molecule has 3 heterocycles. The number of pyridine rings is 1. The van der Waals surface area contributed by atoms with E-state index in [0.717, 1.165) is 42.4 Å². The molecule has 1 saturated heterocycles. The van der Waals surface area contributed by atoms with Gasteiger partial charge in [-0.15, -0.1) is 0 Å². The molecule has 3 N–H and O–H groups in total. The van der Waals surface area contributed by atoms with Crippen molar-refractivity contribution in [3.8, 4) is 17.2 Å². The van der Waals surface area contributed by atoms with Crippen molar-refractivity contribution in [2.24, 2.45) is 0 Å². The molecule has 0 bridgehead atoms. The summed E-state index contributed by atoms with van der Waals surface area (Å²) in [4.78, 5) is 19.6. The number of aliphatic hydroxyl groups excluding tert-OH is 1. The molecule has 1 aliphatic rings. The van der Waals surface area contributed by atoms with Crippen LogP contribution in [0.4, 0.5) is 5.82 Å². The first kappa shape index (κ1) is 28.4. The van der Waals surface area contributed by atoms with Crippen molar-refractivity contribution >= 4 is 22.6 Å². The number of ether oxygens (including phenoxy) is 3. The van der Waals surface area contributed by atoms with Gasteiger partial charge in [0.15, 0.2) is 11.5 Å². The van der Waals surface area contributed by atoms with Crippen molar-refractivity contribution in [3.05, 3.63) is 78.1 Å². The molecule has 10 nitrogen and oxygen atoms in total. The number of amides is 1. The number of aliphatic hydroxyl groups is 1. The lowest BCUT2D eigenvalue weighted by atomic mass is 10.1. The Morgan fingerprint density at radius 3 is 2.73 bits per heavy atom. The van der Waals surface area contributed by atoms with E-state index in [0.29, 0.717) is 48.5 Å². The maximum atomic E-state index is 13.0. The Hall–Kier alpha value is -4.12. The number of nitrogens with one attached hydrogen (secondary N) is 2. The molecule has 41 heavy (non-hydrogen) atoms. The Bertz CT molecular complexity index is 1460. The first-order chi connectivity index (χ1) is 20.1. The van der Waals surface area contributed by atoms with E-state index in [-0.39, 0.29) is 18.6 Å². The highest BCUT2D eigenvalue weighted by atomic mass is 16.5. The molecule has 1 aliphatic heterocycles. The summed E-state index contributed by atoms with van der Waals surface area (Å²) in [7, 11) is 1.85. The van der Waals surface area contributed by atoms with Crippen LogP contribution in [-0.2, 0) is 11.3 Å². The molecule has 0 unspecified atom stereocenters. The Morgan fingerprint density at radius 1 is 1.10 bits per heavy atom. The monoisotopic (exact) mass is 559 g/mol. The van der Waals surface area contributed by atoms with Gasteiger partial charge < -0.3 is 30.1 Å². The summed E-state index contributed by atoms with van der Waals surface area (Å²) in [5, 5.41) is 13.4. The minimum atomic E-state index is -0.259. The maximum Gasteiger partial charge on any atom is 0.256 e. The molecule has 5 rings (SSSR count). The number of hydrogen-bond acceptors (Lipinski definition) is 8. The zero-order valence-corrected chi connectivity index (χ0v) is 23.5. The molecular formula is C31H37N5O5. The quantitative estimate of drug-likeness (QED) is 0.204. The molecule has 2 aromatic heterocycles. The number of nitrogens with zero attached hydrogens (tertiary/aromatic N) is 3. The van der Waals surface area contributed by atoms with E-state index in [4.69, 9.17) is 14.2 Å². The van der Waals surface area contributed by atoms with Crippen molar-refractivity contribution in [2.45, 2.75) is 32.4 Å². The largest absolute Gasteiger partial charge is 0.487 e. The lowest BCUT2D eigenvalue weighted by molar-refractivity contribution is 0.102. The number of hydrogen-bond donors (Lipinski definition) is 3. The van der Waals surface area contributed by atoms with Crippen LogP contribution in [0.15, 0.2) is 67.0 Å². The van der Waals surface area contributed by atoms with Crippen LogP contribution >= 0.6 is 0 Å². The number of rotatable bonds is 13. The number of aromatic nitrogens is 2. The number of carbonyl (C=O) groups excluding carboxylic acids is 1. The lowest BCUT2D eigenvalue weighted by Gasteiger charge is -2.22. The van der Waals surface area contributed by atoms with Gasteiger partial charge in [0, 0.05) is 61.7 Å². The molecule has 1 atom stereocenters. The Labute approximate surface area is 239 Å². The van der Waals surface area contributed by atoms with E-state index in [2.05, 4.69) is 20.6 Å². The predicted octanol–water partition coefficient (Wildman–Crippen LogP) is 4.63. The van der Waals surface area contributed by atoms with Gasteiger partial charge in [-0.25, -0.2) is 4.98 Å². The predicted molar refractivity (Wildman–Crippen MR) is 158 cm³/mol. The Kier molecular flexibility index (Phi) is 9.35.